The second-order valence-corrected chi connectivity index (χ2v) is 12.0. The van der Waals surface area contributed by atoms with Gasteiger partial charge >= 0.3 is 12.3 Å². The van der Waals surface area contributed by atoms with Crippen LogP contribution >= 0.6 is 0 Å². The van der Waals surface area contributed by atoms with Crippen LogP contribution in [0, 0.1) is 11.3 Å². The Morgan fingerprint density at radius 1 is 1.12 bits per heavy atom. The first kappa shape index (κ1) is 31.1. The molecule has 1 aliphatic carbocycles. The van der Waals surface area contributed by atoms with Crippen LogP contribution in [0.25, 0.3) is 0 Å². The van der Waals surface area contributed by atoms with Gasteiger partial charge in [0, 0.05) is 17.7 Å². The SMILES string of the molecule is C[C@H](c1ccc(C(=O)NCCC(=O)O)cc1)N1C(=O)C(c2cccc(OC(F)(F)F)c2)=NC12CCC(C(C)(C)C)CC2. The molecule has 2 aromatic rings. The molecule has 0 unspecified atom stereocenters. The van der Waals surface area contributed by atoms with Gasteiger partial charge in [0.05, 0.1) is 12.5 Å². The first-order chi connectivity index (χ1) is 19.6. The Hall–Kier alpha value is -3.89. The number of carbonyl (C=O) groups excluding carboxylic acids is 2. The van der Waals surface area contributed by atoms with Crippen LogP contribution < -0.4 is 10.1 Å². The molecule has 1 spiro atoms. The Kier molecular flexibility index (Phi) is 8.71. The van der Waals surface area contributed by atoms with E-state index in [9.17, 15) is 27.6 Å². The van der Waals surface area contributed by atoms with Crippen molar-refractivity contribution in [2.24, 2.45) is 16.3 Å². The van der Waals surface area contributed by atoms with Crippen LogP contribution in [0.15, 0.2) is 53.5 Å². The summed E-state index contributed by atoms with van der Waals surface area (Å²) in [6.07, 6.45) is -2.17. The average molecular weight is 588 g/mol. The number of hydrogen-bond acceptors (Lipinski definition) is 5. The molecular weight excluding hydrogens is 551 g/mol. The molecule has 1 heterocycles. The van der Waals surface area contributed by atoms with Crippen LogP contribution in [0.2, 0.25) is 0 Å². The fourth-order valence-electron chi connectivity index (χ4n) is 5.92. The van der Waals surface area contributed by atoms with Crippen LogP contribution in [0.4, 0.5) is 13.2 Å². The Morgan fingerprint density at radius 3 is 2.33 bits per heavy atom. The molecule has 11 heteroatoms. The monoisotopic (exact) mass is 587 g/mol. The Balaban J connectivity index is 1.63. The quantitative estimate of drug-likeness (QED) is 0.387. The van der Waals surface area contributed by atoms with Gasteiger partial charge in [0.1, 0.15) is 17.1 Å². The zero-order chi connectivity index (χ0) is 30.9. The molecule has 2 aliphatic rings. The van der Waals surface area contributed by atoms with E-state index in [4.69, 9.17) is 10.1 Å². The van der Waals surface area contributed by atoms with Crippen molar-refractivity contribution in [3.8, 4) is 5.75 Å². The number of carboxylic acid groups (broad SMARTS) is 1. The highest BCUT2D eigenvalue weighted by atomic mass is 19.4. The van der Waals surface area contributed by atoms with E-state index in [2.05, 4.69) is 30.8 Å². The number of alkyl halides is 3. The van der Waals surface area contributed by atoms with Gasteiger partial charge < -0.3 is 20.1 Å². The summed E-state index contributed by atoms with van der Waals surface area (Å²) in [6, 6.07) is 11.6. The van der Waals surface area contributed by atoms with Crippen molar-refractivity contribution in [3.63, 3.8) is 0 Å². The molecule has 0 aromatic heterocycles. The third-order valence-corrected chi connectivity index (χ3v) is 8.21. The van der Waals surface area contributed by atoms with Crippen molar-refractivity contribution in [2.45, 2.75) is 77.9 Å². The maximum Gasteiger partial charge on any atom is 0.573 e. The molecule has 42 heavy (non-hydrogen) atoms. The minimum Gasteiger partial charge on any atom is -0.481 e. The second kappa shape index (κ2) is 11.8. The lowest BCUT2D eigenvalue weighted by Crippen LogP contribution is -2.50. The summed E-state index contributed by atoms with van der Waals surface area (Å²) in [4.78, 5) is 43.9. The van der Waals surface area contributed by atoms with E-state index in [0.29, 0.717) is 24.3 Å². The van der Waals surface area contributed by atoms with E-state index in [1.54, 1.807) is 35.2 Å². The first-order valence-electron chi connectivity index (χ1n) is 14.0. The normalized spacial score (nSPS) is 21.7. The van der Waals surface area contributed by atoms with E-state index >= 15 is 0 Å². The first-order valence-corrected chi connectivity index (χ1v) is 14.0. The van der Waals surface area contributed by atoms with E-state index < -0.39 is 35.7 Å². The molecule has 1 saturated carbocycles. The lowest BCUT2D eigenvalue weighted by Gasteiger charge is -2.46. The van der Waals surface area contributed by atoms with Crippen LogP contribution in [-0.2, 0) is 9.59 Å². The molecule has 4 rings (SSSR count). The van der Waals surface area contributed by atoms with Gasteiger partial charge in [-0.05, 0) is 73.8 Å². The largest absolute Gasteiger partial charge is 0.573 e. The van der Waals surface area contributed by atoms with Crippen LogP contribution in [0.5, 0.6) is 5.75 Å². The maximum absolute atomic E-state index is 14.0. The number of carboxylic acids is 1. The predicted molar refractivity (Wildman–Crippen MR) is 150 cm³/mol. The molecule has 1 atom stereocenters. The van der Waals surface area contributed by atoms with Crippen molar-refractivity contribution >= 4 is 23.5 Å². The Bertz CT molecular complexity index is 1360. The Labute approximate surface area is 243 Å². The summed E-state index contributed by atoms with van der Waals surface area (Å²) in [5.41, 5.74) is 0.676. The van der Waals surface area contributed by atoms with E-state index in [-0.39, 0.29) is 35.6 Å². The minimum absolute atomic E-state index is 0.00199. The van der Waals surface area contributed by atoms with Gasteiger partial charge in [-0.2, -0.15) is 0 Å². The van der Waals surface area contributed by atoms with Gasteiger partial charge in [-0.25, -0.2) is 0 Å². The van der Waals surface area contributed by atoms with Gasteiger partial charge in [0.2, 0.25) is 0 Å². The number of carbonyl (C=O) groups is 3. The lowest BCUT2D eigenvalue weighted by molar-refractivity contribution is -0.274. The number of aliphatic imine (C=N–C) groups is 1. The van der Waals surface area contributed by atoms with E-state index in [1.165, 1.54) is 18.2 Å². The second-order valence-electron chi connectivity index (χ2n) is 12.0. The third-order valence-electron chi connectivity index (χ3n) is 8.21. The highest BCUT2D eigenvalue weighted by Crippen LogP contribution is 2.49. The number of rotatable bonds is 8. The number of halogens is 3. The van der Waals surface area contributed by atoms with Crippen LogP contribution in [-0.4, -0.2) is 52.1 Å². The predicted octanol–water partition coefficient (Wildman–Crippen LogP) is 6.11. The van der Waals surface area contributed by atoms with Crippen LogP contribution in [0.1, 0.15) is 87.3 Å². The van der Waals surface area contributed by atoms with Gasteiger partial charge in [-0.1, -0.05) is 45.0 Å². The number of ether oxygens (including phenoxy) is 1. The highest BCUT2D eigenvalue weighted by molar-refractivity contribution is 6.46. The van der Waals surface area contributed by atoms with E-state index in [1.807, 2.05) is 6.92 Å². The smallest absolute Gasteiger partial charge is 0.481 e. The molecule has 8 nitrogen and oxygen atoms in total. The zero-order valence-corrected chi connectivity index (χ0v) is 24.1. The standard InChI is InChI=1S/C31H36F3N3O5/c1-19(20-8-10-21(11-9-20)27(40)35-17-14-25(38)39)37-28(41)26(22-6-5-7-24(18-22)42-31(32,33)34)36-30(37)15-12-23(13-16-30)29(2,3)4/h5-11,18-19,23H,12-17H2,1-4H3,(H,35,40)(H,38,39)/t19-,23?,30?/m1/s1. The van der Waals surface area contributed by atoms with Gasteiger partial charge in [0.15, 0.2) is 0 Å². The fourth-order valence-corrected chi connectivity index (χ4v) is 5.92. The molecule has 2 aromatic carbocycles. The highest BCUT2D eigenvalue weighted by Gasteiger charge is 2.52. The number of amides is 2. The van der Waals surface area contributed by atoms with Crippen molar-refractivity contribution in [2.75, 3.05) is 6.54 Å². The number of nitrogens with one attached hydrogen (secondary N) is 1. The zero-order valence-electron chi connectivity index (χ0n) is 24.1. The van der Waals surface area contributed by atoms with Crippen molar-refractivity contribution < 1.29 is 37.4 Å². The van der Waals surface area contributed by atoms with Crippen molar-refractivity contribution in [1.82, 2.24) is 10.2 Å². The molecule has 2 amide bonds. The molecule has 0 saturated heterocycles. The van der Waals surface area contributed by atoms with Gasteiger partial charge in [0.25, 0.3) is 11.8 Å². The number of hydrogen-bond donors (Lipinski definition) is 2. The topological polar surface area (TPSA) is 108 Å². The summed E-state index contributed by atoms with van der Waals surface area (Å²) in [6.45, 7) is 8.45. The summed E-state index contributed by atoms with van der Waals surface area (Å²) < 4.78 is 42.8. The summed E-state index contributed by atoms with van der Waals surface area (Å²) in [7, 11) is 0. The third kappa shape index (κ3) is 6.94. The fraction of sp³-hybridized carbons (Fsp3) is 0.484. The number of aliphatic carboxylic acids is 1. The lowest BCUT2D eigenvalue weighted by atomic mass is 9.69. The van der Waals surface area contributed by atoms with E-state index in [0.717, 1.165) is 18.4 Å². The molecule has 226 valence electrons. The molecule has 1 aliphatic heterocycles. The number of benzene rings is 2. The summed E-state index contributed by atoms with van der Waals surface area (Å²) in [5.74, 6) is -1.80. The average Bonchev–Trinajstić information content (AvgIpc) is 3.18. The molecule has 1 fully saturated rings. The minimum atomic E-state index is -4.87. The summed E-state index contributed by atoms with van der Waals surface area (Å²) in [5, 5.41) is 11.3. The maximum atomic E-state index is 14.0. The van der Waals surface area contributed by atoms with Gasteiger partial charge in [-0.15, -0.1) is 13.2 Å². The molecular formula is C31H36F3N3O5. The molecule has 0 radical (unpaired) electrons. The van der Waals surface area contributed by atoms with Crippen LogP contribution in [0.3, 0.4) is 0 Å². The van der Waals surface area contributed by atoms with Crippen molar-refractivity contribution in [1.29, 1.82) is 0 Å². The van der Waals surface area contributed by atoms with Gasteiger partial charge in [-0.3, -0.25) is 19.4 Å². The Morgan fingerprint density at radius 2 is 1.76 bits per heavy atom. The van der Waals surface area contributed by atoms with Crippen molar-refractivity contribution in [3.05, 3.63) is 65.2 Å². The molecule has 0 bridgehead atoms. The molecule has 2 N–H and O–H groups in total. The summed E-state index contributed by atoms with van der Waals surface area (Å²) >= 11 is 0. The number of nitrogens with zero attached hydrogens (tertiary/aromatic N) is 2.